The minimum absolute atomic E-state index is 0.0307. The molecule has 2 aromatic rings. The predicted octanol–water partition coefficient (Wildman–Crippen LogP) is 2.25. The van der Waals surface area contributed by atoms with Crippen molar-refractivity contribution in [3.63, 3.8) is 0 Å². The summed E-state index contributed by atoms with van der Waals surface area (Å²) in [4.78, 5) is 26.1. The normalized spacial score (nSPS) is 17.1. The summed E-state index contributed by atoms with van der Waals surface area (Å²) in [5.41, 5.74) is 0.808. The van der Waals surface area contributed by atoms with Crippen LogP contribution in [0.5, 0.6) is 0 Å². The Bertz CT molecular complexity index is 840. The van der Waals surface area contributed by atoms with Gasteiger partial charge in [0, 0.05) is 30.8 Å². The number of likely N-dealkylation sites (tertiary alicyclic amines) is 1. The summed E-state index contributed by atoms with van der Waals surface area (Å²) in [5, 5.41) is 9.01. The monoisotopic (exact) mass is 378 g/mol. The molecule has 27 heavy (non-hydrogen) atoms. The lowest BCUT2D eigenvalue weighted by atomic mass is 10.0. The number of hydrogen-bond donors (Lipinski definition) is 2. The van der Waals surface area contributed by atoms with E-state index in [9.17, 15) is 18.4 Å². The molecular formula is C18H20F2N4O3. The molecule has 2 N–H and O–H groups in total. The summed E-state index contributed by atoms with van der Waals surface area (Å²) in [7, 11) is 0. The van der Waals surface area contributed by atoms with E-state index in [-0.39, 0.29) is 24.6 Å². The van der Waals surface area contributed by atoms with Gasteiger partial charge < -0.3 is 20.1 Å². The van der Waals surface area contributed by atoms with Crippen LogP contribution in [0.15, 0.2) is 28.8 Å². The maximum absolute atomic E-state index is 13.8. The van der Waals surface area contributed by atoms with Crippen molar-refractivity contribution < 1.29 is 22.9 Å². The molecule has 1 fully saturated rings. The third-order valence-corrected chi connectivity index (χ3v) is 4.32. The van der Waals surface area contributed by atoms with Gasteiger partial charge in [0.05, 0.1) is 6.54 Å². The smallest absolute Gasteiger partial charge is 0.315 e. The summed E-state index contributed by atoms with van der Waals surface area (Å²) in [6.07, 6.45) is 1.17. The van der Waals surface area contributed by atoms with E-state index in [2.05, 4.69) is 15.8 Å². The van der Waals surface area contributed by atoms with E-state index in [1.54, 1.807) is 13.0 Å². The van der Waals surface area contributed by atoms with Crippen molar-refractivity contribution in [2.45, 2.75) is 38.9 Å². The lowest BCUT2D eigenvalue weighted by molar-refractivity contribution is -0.136. The highest BCUT2D eigenvalue weighted by molar-refractivity contribution is 5.87. The highest BCUT2D eigenvalue weighted by Gasteiger charge is 2.30. The number of benzene rings is 1. The number of piperidine rings is 1. The molecule has 0 spiro atoms. The van der Waals surface area contributed by atoms with Gasteiger partial charge in [-0.05, 0) is 25.8 Å². The van der Waals surface area contributed by atoms with E-state index in [1.807, 2.05) is 0 Å². The lowest BCUT2D eigenvalue weighted by Crippen LogP contribution is -2.53. The molecule has 1 unspecified atom stereocenters. The third-order valence-electron chi connectivity index (χ3n) is 4.32. The van der Waals surface area contributed by atoms with Crippen LogP contribution in [0.2, 0.25) is 0 Å². The van der Waals surface area contributed by atoms with Crippen LogP contribution in [0.25, 0.3) is 0 Å². The van der Waals surface area contributed by atoms with E-state index in [4.69, 9.17) is 4.52 Å². The number of carbonyl (C=O) groups excluding carboxylic acids is 2. The maximum atomic E-state index is 13.8. The van der Waals surface area contributed by atoms with Gasteiger partial charge in [0.1, 0.15) is 29.1 Å². The molecule has 3 rings (SSSR count). The summed E-state index contributed by atoms with van der Waals surface area (Å²) in [6.45, 7) is 2.40. The molecule has 1 aliphatic heterocycles. The zero-order valence-corrected chi connectivity index (χ0v) is 14.8. The summed E-state index contributed by atoms with van der Waals surface area (Å²) >= 11 is 0. The average molecular weight is 378 g/mol. The fourth-order valence-corrected chi connectivity index (χ4v) is 2.97. The number of halogens is 2. The second kappa shape index (κ2) is 8.15. The first-order chi connectivity index (χ1) is 12.9. The number of nitrogens with one attached hydrogen (secondary N) is 2. The Balaban J connectivity index is 1.55. The number of rotatable bonds is 5. The molecule has 1 aromatic carbocycles. The first-order valence-electron chi connectivity index (χ1n) is 8.61. The van der Waals surface area contributed by atoms with Gasteiger partial charge in [-0.15, -0.1) is 0 Å². The molecule has 144 valence electrons. The Hall–Kier alpha value is -2.97. The first-order valence-corrected chi connectivity index (χ1v) is 8.61. The fourth-order valence-electron chi connectivity index (χ4n) is 2.97. The highest BCUT2D eigenvalue weighted by Crippen LogP contribution is 2.18. The number of hydrogen-bond acceptors (Lipinski definition) is 4. The summed E-state index contributed by atoms with van der Waals surface area (Å²) in [5.74, 6) is -1.02. The van der Waals surface area contributed by atoms with Crippen LogP contribution in [0.4, 0.5) is 13.6 Å². The van der Waals surface area contributed by atoms with Crippen LogP contribution in [0.1, 0.15) is 29.9 Å². The molecule has 0 aliphatic carbocycles. The molecule has 1 atom stereocenters. The van der Waals surface area contributed by atoms with Gasteiger partial charge in [-0.2, -0.15) is 0 Å². The largest absolute Gasteiger partial charge is 0.361 e. The molecule has 0 bridgehead atoms. The van der Waals surface area contributed by atoms with Crippen LogP contribution in [-0.2, 0) is 17.9 Å². The Kier molecular flexibility index (Phi) is 5.68. The average Bonchev–Trinajstić information content (AvgIpc) is 3.04. The molecular weight excluding hydrogens is 358 g/mol. The van der Waals surface area contributed by atoms with E-state index >= 15 is 0 Å². The van der Waals surface area contributed by atoms with E-state index in [0.29, 0.717) is 30.8 Å². The highest BCUT2D eigenvalue weighted by atomic mass is 19.1. The maximum Gasteiger partial charge on any atom is 0.315 e. The number of carbonyl (C=O) groups is 2. The molecule has 1 aromatic heterocycles. The van der Waals surface area contributed by atoms with Crippen LogP contribution >= 0.6 is 0 Å². The third kappa shape index (κ3) is 4.81. The summed E-state index contributed by atoms with van der Waals surface area (Å²) in [6, 6.07) is 3.78. The molecule has 0 radical (unpaired) electrons. The minimum atomic E-state index is -0.696. The molecule has 0 saturated carbocycles. The van der Waals surface area contributed by atoms with Crippen LogP contribution in [0, 0.1) is 18.6 Å². The second-order valence-corrected chi connectivity index (χ2v) is 6.45. The van der Waals surface area contributed by atoms with E-state index < -0.39 is 23.7 Å². The predicted molar refractivity (Wildman–Crippen MR) is 91.4 cm³/mol. The topological polar surface area (TPSA) is 87.5 Å². The Morgan fingerprint density at radius 3 is 2.89 bits per heavy atom. The Labute approximate surface area is 154 Å². The van der Waals surface area contributed by atoms with Gasteiger partial charge in [-0.1, -0.05) is 11.2 Å². The van der Waals surface area contributed by atoms with Crippen molar-refractivity contribution in [3.05, 3.63) is 52.9 Å². The van der Waals surface area contributed by atoms with Crippen molar-refractivity contribution in [3.8, 4) is 0 Å². The van der Waals surface area contributed by atoms with Gasteiger partial charge in [-0.25, -0.2) is 13.6 Å². The molecule has 1 saturated heterocycles. The Morgan fingerprint density at radius 1 is 1.37 bits per heavy atom. The molecule has 1 aliphatic rings. The van der Waals surface area contributed by atoms with Gasteiger partial charge in [0.25, 0.3) is 0 Å². The minimum Gasteiger partial charge on any atom is -0.361 e. The quantitative estimate of drug-likeness (QED) is 0.835. The number of nitrogens with zero attached hydrogens (tertiary/aromatic N) is 2. The first kappa shape index (κ1) is 18.8. The van der Waals surface area contributed by atoms with Crippen molar-refractivity contribution in [1.29, 1.82) is 0 Å². The number of aromatic nitrogens is 1. The van der Waals surface area contributed by atoms with Crippen molar-refractivity contribution in [1.82, 2.24) is 20.7 Å². The summed E-state index contributed by atoms with van der Waals surface area (Å²) < 4.78 is 31.8. The van der Waals surface area contributed by atoms with Crippen LogP contribution in [0.3, 0.4) is 0 Å². The molecule has 7 nitrogen and oxygen atoms in total. The van der Waals surface area contributed by atoms with E-state index in [1.165, 1.54) is 11.0 Å². The van der Waals surface area contributed by atoms with Gasteiger partial charge >= 0.3 is 6.03 Å². The van der Waals surface area contributed by atoms with Crippen molar-refractivity contribution in [2.24, 2.45) is 0 Å². The zero-order chi connectivity index (χ0) is 19.4. The standard InChI is InChI=1S/C18H20F2N4O3/c1-11-7-14(23-27-11)9-21-18(26)22-16-3-2-6-24(17(16)25)10-12-4-5-13(19)8-15(12)20/h4-5,7-8,16H,2-3,6,9-10H2,1H3,(H2,21,22,26). The van der Waals surface area contributed by atoms with E-state index in [0.717, 1.165) is 12.1 Å². The Morgan fingerprint density at radius 2 is 2.19 bits per heavy atom. The molecule has 2 heterocycles. The lowest BCUT2D eigenvalue weighted by Gasteiger charge is -2.32. The number of amides is 3. The SMILES string of the molecule is Cc1cc(CNC(=O)NC2CCCN(Cc3ccc(F)cc3F)C2=O)no1. The molecule has 9 heteroatoms. The van der Waals surface area contributed by atoms with Crippen molar-refractivity contribution in [2.75, 3.05) is 6.54 Å². The number of urea groups is 1. The van der Waals surface area contributed by atoms with Crippen LogP contribution < -0.4 is 10.6 Å². The van der Waals surface area contributed by atoms with Gasteiger partial charge in [-0.3, -0.25) is 4.79 Å². The number of aryl methyl sites for hydroxylation is 1. The van der Waals surface area contributed by atoms with Gasteiger partial charge in [0.2, 0.25) is 5.91 Å². The fraction of sp³-hybridized carbons (Fsp3) is 0.389. The van der Waals surface area contributed by atoms with Gasteiger partial charge in [0.15, 0.2) is 0 Å². The molecule has 3 amide bonds. The van der Waals surface area contributed by atoms with Crippen molar-refractivity contribution >= 4 is 11.9 Å². The zero-order valence-electron chi connectivity index (χ0n) is 14.8. The second-order valence-electron chi connectivity index (χ2n) is 6.45. The van der Waals surface area contributed by atoms with Crippen LogP contribution in [-0.4, -0.2) is 34.6 Å².